The molecule has 0 fully saturated rings. The van der Waals surface area contributed by atoms with Gasteiger partial charge in [-0.25, -0.2) is 18.2 Å². The number of carbonyl (C=O) groups is 1. The maximum Gasteiger partial charge on any atom is 0.272 e. The lowest BCUT2D eigenvalue weighted by molar-refractivity contribution is 0.0772. The highest BCUT2D eigenvalue weighted by atomic mass is 19.3. The molecule has 2 N–H and O–H groups in total. The summed E-state index contributed by atoms with van der Waals surface area (Å²) in [4.78, 5) is 15.9. The Balaban J connectivity index is 2.05. The van der Waals surface area contributed by atoms with Crippen molar-refractivity contribution in [3.63, 3.8) is 0 Å². The zero-order chi connectivity index (χ0) is 17.5. The number of halogens is 3. The van der Waals surface area contributed by atoms with Crippen LogP contribution < -0.4 is 10.1 Å². The van der Waals surface area contributed by atoms with E-state index in [0.29, 0.717) is 5.56 Å². The van der Waals surface area contributed by atoms with Gasteiger partial charge >= 0.3 is 0 Å². The average Bonchev–Trinajstić information content (AvgIpc) is 2.59. The number of aliphatic hydroxyl groups excluding tert-OH is 1. The highest BCUT2D eigenvalue weighted by Gasteiger charge is 2.15. The molecule has 0 unspecified atom stereocenters. The number of nitrogens with one attached hydrogen (secondary N) is 1. The molecule has 8 heteroatoms. The second kappa shape index (κ2) is 8.30. The molecule has 0 saturated heterocycles. The summed E-state index contributed by atoms with van der Waals surface area (Å²) in [6.45, 7) is -1.26. The first-order valence-corrected chi connectivity index (χ1v) is 7.03. The van der Waals surface area contributed by atoms with E-state index in [2.05, 4.69) is 10.3 Å². The molecule has 1 amide bonds. The molecule has 1 heterocycles. The van der Waals surface area contributed by atoms with Crippen LogP contribution in [0.4, 0.5) is 13.2 Å². The zero-order valence-corrected chi connectivity index (χ0v) is 12.5. The van der Waals surface area contributed by atoms with E-state index in [0.717, 1.165) is 0 Å². The predicted molar refractivity (Wildman–Crippen MR) is 79.2 cm³/mol. The van der Waals surface area contributed by atoms with Crippen LogP contribution in [0.15, 0.2) is 36.5 Å². The summed E-state index contributed by atoms with van der Waals surface area (Å²) >= 11 is 0. The first-order valence-electron chi connectivity index (χ1n) is 7.03. The summed E-state index contributed by atoms with van der Waals surface area (Å²) in [6, 6.07) is 6.95. The van der Waals surface area contributed by atoms with Crippen LogP contribution in [0.1, 0.15) is 21.5 Å². The number of carbonyl (C=O) groups excluding carboxylic acids is 1. The first kappa shape index (κ1) is 17.7. The van der Waals surface area contributed by atoms with Crippen molar-refractivity contribution in [3.8, 4) is 5.88 Å². The van der Waals surface area contributed by atoms with Crippen molar-refractivity contribution >= 4 is 5.91 Å². The lowest BCUT2D eigenvalue weighted by atomic mass is 10.1. The lowest BCUT2D eigenvalue weighted by Gasteiger charge is -2.11. The molecule has 2 aromatic rings. The maximum atomic E-state index is 13.3. The van der Waals surface area contributed by atoms with Crippen LogP contribution in [0.2, 0.25) is 0 Å². The quantitative estimate of drug-likeness (QED) is 0.811. The molecule has 0 bridgehead atoms. The minimum absolute atomic E-state index is 0.0163. The third kappa shape index (κ3) is 4.69. The Kier molecular flexibility index (Phi) is 6.14. The standard InChI is InChI=1S/C16H15F3N2O3/c17-13-4-3-10(6-11(13)8-22)7-21-15(23)12-2-1-5-20-16(12)24-9-14(18)19/h1-6,14,22H,7-9H2,(H,21,23). The molecular weight excluding hydrogens is 325 g/mol. The highest BCUT2D eigenvalue weighted by molar-refractivity contribution is 5.96. The van der Waals surface area contributed by atoms with Crippen LogP contribution in [-0.2, 0) is 13.2 Å². The summed E-state index contributed by atoms with van der Waals surface area (Å²) in [5.74, 6) is -1.30. The van der Waals surface area contributed by atoms with Crippen LogP contribution in [0, 0.1) is 5.82 Å². The van der Waals surface area contributed by atoms with Gasteiger partial charge in [-0.05, 0) is 29.8 Å². The first-order chi connectivity index (χ1) is 11.5. The number of hydrogen-bond donors (Lipinski definition) is 2. The number of ether oxygens (including phenoxy) is 1. The van der Waals surface area contributed by atoms with E-state index in [4.69, 9.17) is 9.84 Å². The maximum absolute atomic E-state index is 13.3. The van der Waals surface area contributed by atoms with Gasteiger partial charge in [0.15, 0.2) is 6.61 Å². The molecule has 128 valence electrons. The van der Waals surface area contributed by atoms with Crippen molar-refractivity contribution in [2.75, 3.05) is 6.61 Å². The average molecular weight is 340 g/mol. The fourth-order valence-electron chi connectivity index (χ4n) is 1.96. The van der Waals surface area contributed by atoms with Gasteiger partial charge in [0.1, 0.15) is 11.4 Å². The van der Waals surface area contributed by atoms with E-state index in [1.54, 1.807) is 0 Å². The van der Waals surface area contributed by atoms with Gasteiger partial charge in [-0.2, -0.15) is 0 Å². The topological polar surface area (TPSA) is 71.5 Å². The van der Waals surface area contributed by atoms with Gasteiger partial charge in [0, 0.05) is 18.3 Å². The summed E-state index contributed by atoms with van der Waals surface area (Å²) in [5.41, 5.74) is 0.708. The molecule has 0 aliphatic heterocycles. The van der Waals surface area contributed by atoms with E-state index in [1.807, 2.05) is 0 Å². The Hall–Kier alpha value is -2.61. The molecular formula is C16H15F3N2O3. The Morgan fingerprint density at radius 3 is 2.83 bits per heavy atom. The summed E-state index contributed by atoms with van der Waals surface area (Å²) in [6.07, 6.45) is -1.36. The molecule has 0 saturated carbocycles. The largest absolute Gasteiger partial charge is 0.471 e. The van der Waals surface area contributed by atoms with Gasteiger partial charge in [0.05, 0.1) is 6.61 Å². The van der Waals surface area contributed by atoms with Gasteiger partial charge < -0.3 is 15.2 Å². The molecule has 1 aromatic heterocycles. The van der Waals surface area contributed by atoms with E-state index >= 15 is 0 Å². The number of amides is 1. The highest BCUT2D eigenvalue weighted by Crippen LogP contribution is 2.16. The van der Waals surface area contributed by atoms with Crippen LogP contribution in [0.5, 0.6) is 5.88 Å². The molecule has 0 radical (unpaired) electrons. The molecule has 0 spiro atoms. The molecule has 0 aliphatic carbocycles. The molecule has 5 nitrogen and oxygen atoms in total. The second-order valence-corrected chi connectivity index (χ2v) is 4.82. The lowest BCUT2D eigenvalue weighted by Crippen LogP contribution is -2.24. The molecule has 2 rings (SSSR count). The Bertz CT molecular complexity index is 711. The van der Waals surface area contributed by atoms with Crippen molar-refractivity contribution in [1.29, 1.82) is 0 Å². The summed E-state index contributed by atoms with van der Waals surface area (Å²) in [5, 5.41) is 11.6. The zero-order valence-electron chi connectivity index (χ0n) is 12.5. The number of aliphatic hydroxyl groups is 1. The number of pyridine rings is 1. The van der Waals surface area contributed by atoms with Gasteiger partial charge in [0.25, 0.3) is 12.3 Å². The fourth-order valence-corrected chi connectivity index (χ4v) is 1.96. The van der Waals surface area contributed by atoms with Crippen molar-refractivity contribution in [2.24, 2.45) is 0 Å². The van der Waals surface area contributed by atoms with Gasteiger partial charge in [-0.3, -0.25) is 4.79 Å². The van der Waals surface area contributed by atoms with Crippen molar-refractivity contribution in [2.45, 2.75) is 19.6 Å². The minimum atomic E-state index is -2.68. The second-order valence-electron chi connectivity index (χ2n) is 4.82. The number of alkyl halides is 2. The van der Waals surface area contributed by atoms with Crippen molar-refractivity contribution in [3.05, 3.63) is 59.0 Å². The van der Waals surface area contributed by atoms with Crippen molar-refractivity contribution in [1.82, 2.24) is 10.3 Å². The minimum Gasteiger partial charge on any atom is -0.471 e. The van der Waals surface area contributed by atoms with Gasteiger partial charge in [-0.1, -0.05) is 6.07 Å². The SMILES string of the molecule is O=C(NCc1ccc(F)c(CO)c1)c1cccnc1OCC(F)F. The number of benzene rings is 1. The molecule has 1 aromatic carbocycles. The summed E-state index contributed by atoms with van der Waals surface area (Å²) in [7, 11) is 0. The normalized spacial score (nSPS) is 10.7. The predicted octanol–water partition coefficient (Wildman–Crippen LogP) is 2.29. The van der Waals surface area contributed by atoms with Crippen LogP contribution in [0.25, 0.3) is 0 Å². The van der Waals surface area contributed by atoms with Gasteiger partial charge in [-0.15, -0.1) is 0 Å². The fraction of sp³-hybridized carbons (Fsp3) is 0.250. The Morgan fingerprint density at radius 2 is 2.12 bits per heavy atom. The van der Waals surface area contributed by atoms with Crippen LogP contribution in [-0.4, -0.2) is 29.0 Å². The molecule has 0 atom stereocenters. The molecule has 24 heavy (non-hydrogen) atoms. The number of rotatable bonds is 7. The van der Waals surface area contributed by atoms with Gasteiger partial charge in [0.2, 0.25) is 5.88 Å². The van der Waals surface area contributed by atoms with Crippen molar-refractivity contribution < 1.29 is 27.8 Å². The van der Waals surface area contributed by atoms with E-state index < -0.39 is 31.4 Å². The van der Waals surface area contributed by atoms with Crippen LogP contribution >= 0.6 is 0 Å². The van der Waals surface area contributed by atoms with E-state index in [1.165, 1.54) is 36.5 Å². The number of nitrogens with zero attached hydrogens (tertiary/aromatic N) is 1. The summed E-state index contributed by atoms with van der Waals surface area (Å²) < 4.78 is 42.6. The van der Waals surface area contributed by atoms with E-state index in [9.17, 15) is 18.0 Å². The smallest absolute Gasteiger partial charge is 0.272 e. The van der Waals surface area contributed by atoms with E-state index in [-0.39, 0.29) is 23.6 Å². The third-order valence-corrected chi connectivity index (χ3v) is 3.10. The Morgan fingerprint density at radius 1 is 1.33 bits per heavy atom. The third-order valence-electron chi connectivity index (χ3n) is 3.10. The Labute approximate surface area is 136 Å². The molecule has 0 aliphatic rings. The number of hydrogen-bond acceptors (Lipinski definition) is 4. The van der Waals surface area contributed by atoms with Crippen LogP contribution in [0.3, 0.4) is 0 Å². The number of aromatic nitrogens is 1. The monoisotopic (exact) mass is 340 g/mol.